The number of halogens is 1. The highest BCUT2D eigenvalue weighted by atomic mass is 19.1. The third-order valence-corrected chi connectivity index (χ3v) is 5.38. The van der Waals surface area contributed by atoms with Crippen LogP contribution in [0.3, 0.4) is 0 Å². The Labute approximate surface area is 158 Å². The summed E-state index contributed by atoms with van der Waals surface area (Å²) in [7, 11) is 0. The van der Waals surface area contributed by atoms with Crippen LogP contribution in [-0.2, 0) is 0 Å². The van der Waals surface area contributed by atoms with Gasteiger partial charge >= 0.3 is 0 Å². The molecule has 0 aliphatic carbocycles. The molecule has 3 heterocycles. The minimum atomic E-state index is -0.407. The second-order valence-electron chi connectivity index (χ2n) is 7.16. The Morgan fingerprint density at radius 2 is 1.96 bits per heavy atom. The predicted molar refractivity (Wildman–Crippen MR) is 98.9 cm³/mol. The first-order chi connectivity index (χ1) is 13.2. The lowest BCUT2D eigenvalue weighted by Crippen LogP contribution is -2.57. The molecule has 0 saturated carbocycles. The number of aromatic nitrogens is 2. The molecule has 140 valence electrons. The smallest absolute Gasteiger partial charge is 0.225 e. The molecule has 0 N–H and O–H groups in total. The molecule has 2 aliphatic heterocycles. The largest absolute Gasteiger partial charge is 0.492 e. The van der Waals surface area contributed by atoms with Gasteiger partial charge in [-0.3, -0.25) is 4.90 Å². The van der Waals surface area contributed by atoms with Crippen molar-refractivity contribution >= 4 is 5.95 Å². The van der Waals surface area contributed by atoms with Gasteiger partial charge in [0.1, 0.15) is 11.8 Å². The number of nitrogens with zero attached hydrogens (tertiary/aromatic N) is 5. The summed E-state index contributed by atoms with van der Waals surface area (Å²) >= 11 is 0. The molecule has 0 amide bonds. The third kappa shape index (κ3) is 4.01. The van der Waals surface area contributed by atoms with E-state index in [0.717, 1.165) is 39.0 Å². The minimum absolute atomic E-state index is 0.407. The third-order valence-electron chi connectivity index (χ3n) is 5.38. The lowest BCUT2D eigenvalue weighted by atomic mass is 9.91. The topological polar surface area (TPSA) is 65.3 Å². The number of rotatable bonds is 4. The summed E-state index contributed by atoms with van der Waals surface area (Å²) < 4.78 is 19.0. The zero-order chi connectivity index (χ0) is 18.6. The molecule has 2 saturated heterocycles. The summed E-state index contributed by atoms with van der Waals surface area (Å²) in [5, 5.41) is 9.17. The first kappa shape index (κ1) is 17.7. The van der Waals surface area contributed by atoms with E-state index in [2.05, 4.69) is 25.8 Å². The van der Waals surface area contributed by atoms with E-state index in [9.17, 15) is 4.39 Å². The fraction of sp³-hybridized carbons (Fsp3) is 0.450. The first-order valence-electron chi connectivity index (χ1n) is 9.31. The van der Waals surface area contributed by atoms with Crippen LogP contribution in [0.2, 0.25) is 0 Å². The molecule has 4 rings (SSSR count). The molecular formula is C20H22FN5O. The Morgan fingerprint density at radius 3 is 2.78 bits per heavy atom. The van der Waals surface area contributed by atoms with Gasteiger partial charge in [-0.15, -0.1) is 0 Å². The van der Waals surface area contributed by atoms with E-state index < -0.39 is 5.82 Å². The van der Waals surface area contributed by atoms with Crippen LogP contribution in [0, 0.1) is 23.1 Å². The molecule has 1 aromatic carbocycles. The Morgan fingerprint density at radius 1 is 1.15 bits per heavy atom. The summed E-state index contributed by atoms with van der Waals surface area (Å²) in [6.07, 6.45) is 4.63. The molecule has 2 atom stereocenters. The zero-order valence-corrected chi connectivity index (χ0v) is 15.1. The first-order valence-corrected chi connectivity index (χ1v) is 9.31. The van der Waals surface area contributed by atoms with Crippen LogP contribution in [-0.4, -0.2) is 53.7 Å². The number of benzene rings is 1. The SMILES string of the molecule is N#Cc1ccccc1OC[C@H]1CC[C@H]2CN(c3ncc(F)cn3)CCN2C1. The molecule has 0 unspecified atom stereocenters. The Bertz CT molecular complexity index is 822. The number of piperazine rings is 1. The van der Waals surface area contributed by atoms with Crippen molar-refractivity contribution < 1.29 is 9.13 Å². The van der Waals surface area contributed by atoms with Gasteiger partial charge < -0.3 is 9.64 Å². The number of nitriles is 1. The van der Waals surface area contributed by atoms with Gasteiger partial charge in [0.15, 0.2) is 5.82 Å². The quantitative estimate of drug-likeness (QED) is 0.827. The molecule has 7 heteroatoms. The van der Waals surface area contributed by atoms with Crippen LogP contribution in [0.5, 0.6) is 5.75 Å². The van der Waals surface area contributed by atoms with Gasteiger partial charge in [-0.25, -0.2) is 14.4 Å². The summed E-state index contributed by atoms with van der Waals surface area (Å²) in [6, 6.07) is 10.0. The highest BCUT2D eigenvalue weighted by Crippen LogP contribution is 2.27. The lowest BCUT2D eigenvalue weighted by molar-refractivity contribution is 0.0725. The number of piperidine rings is 1. The van der Waals surface area contributed by atoms with Gasteiger partial charge in [-0.2, -0.15) is 5.26 Å². The lowest BCUT2D eigenvalue weighted by Gasteiger charge is -2.46. The standard InChI is InChI=1S/C20H22FN5O/c21-17-10-23-20(24-11-17)26-8-7-25-12-15(5-6-18(25)13-26)14-27-19-4-2-1-3-16(19)9-22/h1-4,10-11,15,18H,5-8,12-14H2/t15-,18-/m0/s1. The van der Waals surface area contributed by atoms with E-state index in [-0.39, 0.29) is 0 Å². The van der Waals surface area contributed by atoms with Crippen molar-refractivity contribution in [3.63, 3.8) is 0 Å². The summed E-state index contributed by atoms with van der Waals surface area (Å²) in [4.78, 5) is 12.9. The van der Waals surface area contributed by atoms with Crippen molar-refractivity contribution in [1.82, 2.24) is 14.9 Å². The van der Waals surface area contributed by atoms with Crippen LogP contribution in [0.25, 0.3) is 0 Å². The summed E-state index contributed by atoms with van der Waals surface area (Å²) in [5.74, 6) is 1.33. The van der Waals surface area contributed by atoms with Crippen molar-refractivity contribution in [3.05, 3.63) is 48.0 Å². The maximum atomic E-state index is 13.0. The number of para-hydroxylation sites is 1. The zero-order valence-electron chi connectivity index (χ0n) is 15.1. The van der Waals surface area contributed by atoms with E-state index in [1.54, 1.807) is 6.07 Å². The van der Waals surface area contributed by atoms with E-state index in [1.807, 2.05) is 18.2 Å². The number of fused-ring (bicyclic) bond motifs is 1. The second-order valence-corrected chi connectivity index (χ2v) is 7.16. The van der Waals surface area contributed by atoms with Crippen molar-refractivity contribution in [2.24, 2.45) is 5.92 Å². The van der Waals surface area contributed by atoms with Crippen LogP contribution in [0.4, 0.5) is 10.3 Å². The maximum absolute atomic E-state index is 13.0. The Hall–Kier alpha value is -2.72. The van der Waals surface area contributed by atoms with E-state index in [0.29, 0.717) is 35.8 Å². The van der Waals surface area contributed by atoms with Crippen LogP contribution in [0.1, 0.15) is 18.4 Å². The molecular weight excluding hydrogens is 345 g/mol. The molecule has 2 fully saturated rings. The molecule has 2 aromatic rings. The average molecular weight is 367 g/mol. The normalized spacial score (nSPS) is 22.7. The second kappa shape index (κ2) is 7.89. The van der Waals surface area contributed by atoms with Crippen molar-refractivity contribution in [3.8, 4) is 11.8 Å². The van der Waals surface area contributed by atoms with Gasteiger partial charge in [-0.1, -0.05) is 12.1 Å². The van der Waals surface area contributed by atoms with E-state index in [4.69, 9.17) is 10.00 Å². The monoisotopic (exact) mass is 367 g/mol. The summed E-state index contributed by atoms with van der Waals surface area (Å²) in [5.41, 5.74) is 0.582. The van der Waals surface area contributed by atoms with Crippen LogP contribution in [0.15, 0.2) is 36.7 Å². The molecule has 27 heavy (non-hydrogen) atoms. The van der Waals surface area contributed by atoms with Gasteiger partial charge in [0, 0.05) is 38.1 Å². The average Bonchev–Trinajstić information content (AvgIpc) is 2.72. The van der Waals surface area contributed by atoms with Gasteiger partial charge in [0.25, 0.3) is 0 Å². The Kier molecular flexibility index (Phi) is 5.16. The van der Waals surface area contributed by atoms with Gasteiger partial charge in [-0.05, 0) is 25.0 Å². The molecule has 0 radical (unpaired) electrons. The van der Waals surface area contributed by atoms with Gasteiger partial charge in [0.05, 0.1) is 24.6 Å². The number of hydrogen-bond donors (Lipinski definition) is 0. The molecule has 2 aliphatic rings. The van der Waals surface area contributed by atoms with E-state index in [1.165, 1.54) is 12.4 Å². The minimum Gasteiger partial charge on any atom is -0.492 e. The number of ether oxygens (including phenoxy) is 1. The number of hydrogen-bond acceptors (Lipinski definition) is 6. The van der Waals surface area contributed by atoms with Crippen molar-refractivity contribution in [1.29, 1.82) is 5.26 Å². The van der Waals surface area contributed by atoms with E-state index >= 15 is 0 Å². The molecule has 0 spiro atoms. The van der Waals surface area contributed by atoms with Crippen LogP contribution < -0.4 is 9.64 Å². The fourth-order valence-corrected chi connectivity index (χ4v) is 3.94. The molecule has 0 bridgehead atoms. The maximum Gasteiger partial charge on any atom is 0.225 e. The molecule has 6 nitrogen and oxygen atoms in total. The number of anilines is 1. The predicted octanol–water partition coefficient (Wildman–Crippen LogP) is 2.47. The van der Waals surface area contributed by atoms with Crippen LogP contribution >= 0.6 is 0 Å². The fourth-order valence-electron chi connectivity index (χ4n) is 3.94. The van der Waals surface area contributed by atoms with Crippen molar-refractivity contribution in [2.45, 2.75) is 18.9 Å². The summed E-state index contributed by atoms with van der Waals surface area (Å²) in [6.45, 7) is 4.28. The van der Waals surface area contributed by atoms with Crippen molar-refractivity contribution in [2.75, 3.05) is 37.7 Å². The highest BCUT2D eigenvalue weighted by molar-refractivity contribution is 5.42. The highest BCUT2D eigenvalue weighted by Gasteiger charge is 2.33. The molecule has 1 aromatic heterocycles. The Balaban J connectivity index is 1.31. The van der Waals surface area contributed by atoms with Gasteiger partial charge in [0.2, 0.25) is 5.95 Å².